The van der Waals surface area contributed by atoms with Gasteiger partial charge in [0.25, 0.3) is 0 Å². The lowest BCUT2D eigenvalue weighted by molar-refractivity contribution is -0.00529. The summed E-state index contributed by atoms with van der Waals surface area (Å²) in [5.74, 6) is 7.27. The lowest BCUT2D eigenvalue weighted by Gasteiger charge is -2.28. The lowest BCUT2D eigenvalue weighted by atomic mass is 9.74. The van der Waals surface area contributed by atoms with Crippen LogP contribution in [0.4, 0.5) is 0 Å². The minimum Gasteiger partial charge on any atom is -0.379 e. The lowest BCUT2D eigenvalue weighted by Crippen LogP contribution is -2.25. The van der Waals surface area contributed by atoms with Crippen LogP contribution in [-0.4, -0.2) is 205 Å². The highest BCUT2D eigenvalue weighted by Gasteiger charge is 2.38. The van der Waals surface area contributed by atoms with Crippen molar-refractivity contribution in [1.82, 2.24) is 60.0 Å². The Morgan fingerprint density at radius 3 is 1.00 bits per heavy atom. The second-order valence-corrected chi connectivity index (χ2v) is 32.2. The van der Waals surface area contributed by atoms with Gasteiger partial charge in [-0.05, 0) is 159 Å². The minimum absolute atomic E-state index is 0.376. The molecular formula is C102H152N12O12. The molecule has 6 aliphatic rings. The average molecular weight is 1740 g/mol. The van der Waals surface area contributed by atoms with E-state index in [0.717, 1.165) is 59.7 Å². The van der Waals surface area contributed by atoms with Gasteiger partial charge in [-0.3, -0.25) is 0 Å². The summed E-state index contributed by atoms with van der Waals surface area (Å²) in [5.41, 5.74) is 7.19. The van der Waals surface area contributed by atoms with Crippen molar-refractivity contribution in [3.63, 3.8) is 0 Å². The average Bonchev–Trinajstić information content (AvgIpc) is 1.54. The van der Waals surface area contributed by atoms with E-state index in [1.54, 1.807) is 9.36 Å². The largest absolute Gasteiger partial charge is 0.379 e. The van der Waals surface area contributed by atoms with E-state index in [1.807, 2.05) is 114 Å². The van der Waals surface area contributed by atoms with Gasteiger partial charge in [0.2, 0.25) is 0 Å². The minimum atomic E-state index is -0.418. The van der Waals surface area contributed by atoms with Gasteiger partial charge in [-0.15, -0.1) is 33.6 Å². The van der Waals surface area contributed by atoms with E-state index in [-0.39, 0.29) is 0 Å². The molecule has 4 bridgehead atoms. The van der Waals surface area contributed by atoms with Gasteiger partial charge in [0.15, 0.2) is 0 Å². The van der Waals surface area contributed by atoms with Crippen LogP contribution in [-0.2, 0) is 107 Å². The zero-order chi connectivity index (χ0) is 89.3. The molecule has 4 saturated carbocycles. The zero-order valence-corrected chi connectivity index (χ0v) is 77.8. The van der Waals surface area contributed by atoms with Crippen molar-refractivity contribution in [1.29, 1.82) is 0 Å². The van der Waals surface area contributed by atoms with Crippen molar-refractivity contribution in [3.05, 3.63) is 253 Å². The Morgan fingerprint density at radius 1 is 0.317 bits per heavy atom. The SMILES string of the molecule is C1=CC2CCC1C2.C=CC1CCC(/C=C\C2CC(C=C)C(COCCOCCn3cc(COCCOCCOCCOCCn4cc(C(C)(c5ccccc5)c5ccccc5)nn4)nn3)C2)C1.CC.CC.CC.CC.CC(c1ccccc1)(c1ccccc1)c1cn(CCOCCOCCOCCOCc2cn(CCOCCOCC3CC4C=CC3C4)nn2)nn1. The molecule has 0 spiro atoms. The molecule has 0 radical (unpaired) electrons. The molecule has 4 heterocycles. The maximum atomic E-state index is 6.02. The molecular weight excluding hydrogens is 1590 g/mol. The van der Waals surface area contributed by atoms with Crippen molar-refractivity contribution in [2.45, 2.75) is 184 Å². The van der Waals surface area contributed by atoms with E-state index >= 15 is 0 Å². The van der Waals surface area contributed by atoms with Crippen LogP contribution in [0.1, 0.15) is 178 Å². The number of hydrogen-bond acceptors (Lipinski definition) is 20. The molecule has 0 saturated heterocycles. The molecule has 4 aromatic heterocycles. The van der Waals surface area contributed by atoms with Gasteiger partial charge in [-0.1, -0.05) is 246 Å². The second-order valence-electron chi connectivity index (χ2n) is 32.2. The highest BCUT2D eigenvalue weighted by molar-refractivity contribution is 5.47. The van der Waals surface area contributed by atoms with Crippen LogP contribution in [0.5, 0.6) is 0 Å². The van der Waals surface area contributed by atoms with Gasteiger partial charge in [0.1, 0.15) is 11.4 Å². The summed E-state index contributed by atoms with van der Waals surface area (Å²) in [7, 11) is 0. The first-order chi connectivity index (χ1) is 62.2. The van der Waals surface area contributed by atoms with Gasteiger partial charge in [-0.2, -0.15) is 0 Å². The first kappa shape index (κ1) is 103. The second kappa shape index (κ2) is 61.2. The Hall–Kier alpha value is -8.34. The molecule has 6 aliphatic carbocycles. The Kier molecular flexibility index (Phi) is 50.1. The van der Waals surface area contributed by atoms with Crippen LogP contribution in [0.15, 0.2) is 208 Å². The maximum Gasteiger partial charge on any atom is 0.108 e. The third-order valence-electron chi connectivity index (χ3n) is 23.9. The number of hydrogen-bond donors (Lipinski definition) is 0. The normalized spacial score (nSPS) is 20.0. The van der Waals surface area contributed by atoms with E-state index in [1.165, 1.54) is 86.5 Å². The van der Waals surface area contributed by atoms with Crippen molar-refractivity contribution >= 4 is 0 Å². The Morgan fingerprint density at radius 2 is 0.659 bits per heavy atom. The van der Waals surface area contributed by atoms with Gasteiger partial charge in [-0.25, -0.2) is 18.7 Å². The molecule has 24 nitrogen and oxygen atoms in total. The third-order valence-corrected chi connectivity index (χ3v) is 23.9. The fourth-order valence-electron chi connectivity index (χ4n) is 16.9. The van der Waals surface area contributed by atoms with Crippen molar-refractivity contribution in [3.8, 4) is 0 Å². The van der Waals surface area contributed by atoms with Gasteiger partial charge in [0.05, 0.1) is 219 Å². The third kappa shape index (κ3) is 34.9. The van der Waals surface area contributed by atoms with Crippen molar-refractivity contribution in [2.24, 2.45) is 59.2 Å². The number of allylic oxidation sites excluding steroid dienone is 8. The summed E-state index contributed by atoms with van der Waals surface area (Å²) in [4.78, 5) is 0. The van der Waals surface area contributed by atoms with Crippen LogP contribution < -0.4 is 0 Å². The van der Waals surface area contributed by atoms with Gasteiger partial charge >= 0.3 is 0 Å². The van der Waals surface area contributed by atoms with Crippen molar-refractivity contribution in [2.75, 3.05) is 145 Å². The van der Waals surface area contributed by atoms with E-state index < -0.39 is 10.8 Å². The first-order valence-corrected chi connectivity index (χ1v) is 47.2. The van der Waals surface area contributed by atoms with E-state index in [9.17, 15) is 0 Å². The quantitative estimate of drug-likeness (QED) is 0.0254. The van der Waals surface area contributed by atoms with Crippen LogP contribution in [0.2, 0.25) is 0 Å². The summed E-state index contributed by atoms with van der Waals surface area (Å²) >= 11 is 0. The van der Waals surface area contributed by atoms with Crippen LogP contribution in [0.25, 0.3) is 0 Å². The summed E-state index contributed by atoms with van der Waals surface area (Å²) in [6.45, 7) is 43.6. The molecule has 10 atom stereocenters. The fraction of sp³-hybridized carbons (Fsp3) is 0.588. The molecule has 0 N–H and O–H groups in total. The zero-order valence-electron chi connectivity index (χ0n) is 77.8. The summed E-state index contributed by atoms with van der Waals surface area (Å²) in [5, 5.41) is 34.6. The molecule has 0 amide bonds. The predicted octanol–water partition coefficient (Wildman–Crippen LogP) is 18.3. The van der Waals surface area contributed by atoms with E-state index in [0.29, 0.717) is 207 Å². The van der Waals surface area contributed by atoms with Gasteiger partial charge < -0.3 is 56.8 Å². The Balaban J connectivity index is 0.000000271. The molecule has 4 aromatic carbocycles. The molecule has 4 fully saturated rings. The van der Waals surface area contributed by atoms with E-state index in [2.05, 4.69) is 214 Å². The first-order valence-electron chi connectivity index (χ1n) is 47.2. The smallest absolute Gasteiger partial charge is 0.108 e. The summed E-state index contributed by atoms with van der Waals surface area (Å²) in [6, 6.07) is 41.7. The molecule has 24 heteroatoms. The molecule has 126 heavy (non-hydrogen) atoms. The monoisotopic (exact) mass is 1740 g/mol. The van der Waals surface area contributed by atoms with Crippen LogP contribution in [0, 0.1) is 59.2 Å². The van der Waals surface area contributed by atoms with E-state index in [4.69, 9.17) is 56.8 Å². The number of fused-ring (bicyclic) bond motifs is 4. The summed E-state index contributed by atoms with van der Waals surface area (Å²) in [6.07, 6.45) is 39.7. The molecule has 10 unspecified atom stereocenters. The molecule has 14 rings (SSSR count). The number of nitrogens with zero attached hydrogens (tertiary/aromatic N) is 12. The molecule has 8 aromatic rings. The Bertz CT molecular complexity index is 4090. The number of ether oxygens (including phenoxy) is 12. The number of rotatable bonds is 54. The van der Waals surface area contributed by atoms with Gasteiger partial charge in [0, 0.05) is 12.4 Å². The maximum absolute atomic E-state index is 6.02. The summed E-state index contributed by atoms with van der Waals surface area (Å²) < 4.78 is 76.1. The Labute approximate surface area is 753 Å². The van der Waals surface area contributed by atoms with Crippen LogP contribution >= 0.6 is 0 Å². The predicted molar refractivity (Wildman–Crippen MR) is 499 cm³/mol. The highest BCUT2D eigenvalue weighted by atomic mass is 16.6. The number of benzene rings is 4. The van der Waals surface area contributed by atoms with Crippen LogP contribution in [0.3, 0.4) is 0 Å². The molecule has 692 valence electrons. The fourth-order valence-corrected chi connectivity index (χ4v) is 16.9. The highest BCUT2D eigenvalue weighted by Crippen LogP contribution is 2.45. The van der Waals surface area contributed by atoms with Crippen molar-refractivity contribution < 1.29 is 56.8 Å². The molecule has 0 aliphatic heterocycles. The number of aromatic nitrogens is 12. The standard InChI is InChI=1S/C48H66N6O6.C39H52N6O6.C7H10.4C2H6/c1-4-39-16-17-40(32-39)18-19-41-33-42(5-2)43(34-41)37-59-30-28-56-22-20-53-35-46(49-51-53)38-60-31-29-58-27-26-57-25-24-55-23-21-54-36-47(50-52-54)48(3,44-12-8-6-9-13-44)45-14-10-7-11-15-45;1-39(35-8-4-2-5-9-35,36-10-6-3-7-11-36)38-29-45(43-41-38)15-17-46-18-19-48-20-21-49-23-25-51-31-37-28-44(42-40-37)14-16-47-22-24-50-30-34-27-32-12-13-33(34)26-32;1-2-7-4-3-6(1)5-7;4*1-2/h4-15,18-19,35-36,39-43H,1-2,16-17,20-34,37-38H2,3H3;2-13,28-29,32-34H,14-27,30-31H2,1H3;1-2,6-7H,3-5H2;4*1-2H3/b19-18-;;;;;;. The topological polar surface area (TPSA) is 234 Å².